The molecule has 0 fully saturated rings. The molecule has 1 heterocycles. The van der Waals surface area contributed by atoms with E-state index in [4.69, 9.17) is 4.42 Å². The van der Waals surface area contributed by atoms with Gasteiger partial charge in [0.1, 0.15) is 5.82 Å². The summed E-state index contributed by atoms with van der Waals surface area (Å²) in [6.07, 6.45) is 1.72. The lowest BCUT2D eigenvalue weighted by Gasteiger charge is -1.97. The summed E-state index contributed by atoms with van der Waals surface area (Å²) in [4.78, 5) is 0. The van der Waals surface area contributed by atoms with Crippen molar-refractivity contribution in [3.05, 3.63) is 41.5 Å². The number of benzene rings is 1. The topological polar surface area (TPSA) is 66.6 Å². The molecular weight excluding hydrogens is 253 g/mol. The predicted octanol–water partition coefficient (Wildman–Crippen LogP) is 1.68. The lowest BCUT2D eigenvalue weighted by Crippen LogP contribution is -2.50. The summed E-state index contributed by atoms with van der Waals surface area (Å²) in [5.41, 5.74) is 4.79. The number of thioether (sulfide) groups is 1. The molecule has 0 radical (unpaired) electrons. The van der Waals surface area contributed by atoms with Gasteiger partial charge in [0.2, 0.25) is 5.89 Å². The van der Waals surface area contributed by atoms with Crippen LogP contribution in [0.1, 0.15) is 17.9 Å². The van der Waals surface area contributed by atoms with Gasteiger partial charge in [0.05, 0.1) is 6.54 Å². The van der Waals surface area contributed by atoms with Crippen LogP contribution in [0.15, 0.2) is 33.9 Å². The van der Waals surface area contributed by atoms with Crippen molar-refractivity contribution < 1.29 is 14.5 Å². The van der Waals surface area contributed by atoms with E-state index in [0.717, 1.165) is 24.9 Å². The Morgan fingerprint density at radius 1 is 1.22 bits per heavy atom. The number of hydrogen-bond acceptors (Lipinski definition) is 4. The molecule has 0 aliphatic carbocycles. The van der Waals surface area contributed by atoms with Gasteiger partial charge in [-0.25, -0.2) is 4.39 Å². The second-order valence-electron chi connectivity index (χ2n) is 3.83. The molecule has 0 bridgehead atoms. The molecule has 0 atom stereocenters. The Morgan fingerprint density at radius 2 is 2.00 bits per heavy atom. The van der Waals surface area contributed by atoms with Gasteiger partial charge in [0.25, 0.3) is 5.22 Å². The summed E-state index contributed by atoms with van der Waals surface area (Å²) in [6, 6.07) is 6.40. The van der Waals surface area contributed by atoms with Crippen LogP contribution in [0, 0.1) is 5.82 Å². The highest BCUT2D eigenvalue weighted by atomic mass is 32.2. The van der Waals surface area contributed by atoms with Crippen LogP contribution in [0.25, 0.3) is 0 Å². The maximum atomic E-state index is 12.7. The van der Waals surface area contributed by atoms with Gasteiger partial charge in [-0.05, 0) is 17.7 Å². The standard InChI is InChI=1S/C12H14FN3OS/c13-10-5-3-9(4-6-10)8-18-12-16-15-11(17-12)2-1-7-14/h3-6H,1-2,7-8,14H2/p+1. The van der Waals surface area contributed by atoms with Gasteiger partial charge in [0.15, 0.2) is 0 Å². The maximum absolute atomic E-state index is 12.7. The van der Waals surface area contributed by atoms with Crippen LogP contribution in [-0.4, -0.2) is 16.7 Å². The molecule has 2 rings (SSSR count). The smallest absolute Gasteiger partial charge is 0.276 e. The third kappa shape index (κ3) is 3.82. The van der Waals surface area contributed by atoms with Crippen LogP contribution < -0.4 is 5.73 Å². The van der Waals surface area contributed by atoms with Crippen LogP contribution >= 0.6 is 11.8 Å². The molecule has 1 aromatic heterocycles. The van der Waals surface area contributed by atoms with Gasteiger partial charge in [-0.2, -0.15) is 0 Å². The summed E-state index contributed by atoms with van der Waals surface area (Å²) in [6.45, 7) is 0.862. The van der Waals surface area contributed by atoms with Crippen LogP contribution in [0.3, 0.4) is 0 Å². The quantitative estimate of drug-likeness (QED) is 0.809. The van der Waals surface area contributed by atoms with Crippen LogP contribution in [-0.2, 0) is 12.2 Å². The Balaban J connectivity index is 1.86. The first kappa shape index (κ1) is 13.0. The number of halogens is 1. The Bertz CT molecular complexity index is 486. The minimum absolute atomic E-state index is 0.225. The van der Waals surface area contributed by atoms with E-state index < -0.39 is 0 Å². The van der Waals surface area contributed by atoms with Crippen LogP contribution in [0.5, 0.6) is 0 Å². The van der Waals surface area contributed by atoms with Gasteiger partial charge in [-0.3, -0.25) is 0 Å². The second kappa shape index (κ2) is 6.51. The predicted molar refractivity (Wildman–Crippen MR) is 66.3 cm³/mol. The lowest BCUT2D eigenvalue weighted by molar-refractivity contribution is -0.368. The minimum atomic E-state index is -0.225. The average molecular weight is 268 g/mol. The van der Waals surface area contributed by atoms with Gasteiger partial charge < -0.3 is 10.2 Å². The zero-order valence-corrected chi connectivity index (χ0v) is 10.8. The molecule has 96 valence electrons. The van der Waals surface area contributed by atoms with Crippen molar-refractivity contribution >= 4 is 11.8 Å². The fourth-order valence-electron chi connectivity index (χ4n) is 1.40. The Labute approximate surface area is 109 Å². The largest absolute Gasteiger partial charge is 0.416 e. The van der Waals surface area contributed by atoms with E-state index in [1.54, 1.807) is 12.1 Å². The second-order valence-corrected chi connectivity index (χ2v) is 4.76. The van der Waals surface area contributed by atoms with Crippen molar-refractivity contribution in [2.75, 3.05) is 6.54 Å². The third-order valence-corrected chi connectivity index (χ3v) is 3.25. The highest BCUT2D eigenvalue weighted by Gasteiger charge is 2.06. The zero-order chi connectivity index (χ0) is 12.8. The van der Waals surface area contributed by atoms with E-state index in [1.807, 2.05) is 0 Å². The number of rotatable bonds is 6. The van der Waals surface area contributed by atoms with E-state index in [9.17, 15) is 4.39 Å². The molecule has 0 aliphatic rings. The van der Waals surface area contributed by atoms with Crippen molar-refractivity contribution in [3.63, 3.8) is 0 Å². The molecule has 0 saturated carbocycles. The first-order valence-electron chi connectivity index (χ1n) is 5.77. The lowest BCUT2D eigenvalue weighted by atomic mass is 10.2. The fourth-order valence-corrected chi connectivity index (χ4v) is 2.14. The maximum Gasteiger partial charge on any atom is 0.276 e. The average Bonchev–Trinajstić information content (AvgIpc) is 2.84. The van der Waals surface area contributed by atoms with Gasteiger partial charge in [0, 0.05) is 18.6 Å². The van der Waals surface area contributed by atoms with E-state index in [1.165, 1.54) is 23.9 Å². The first-order chi connectivity index (χ1) is 8.78. The highest BCUT2D eigenvalue weighted by molar-refractivity contribution is 7.98. The first-order valence-corrected chi connectivity index (χ1v) is 6.75. The van der Waals surface area contributed by atoms with Crippen molar-refractivity contribution in [3.8, 4) is 0 Å². The zero-order valence-electron chi connectivity index (χ0n) is 9.93. The summed E-state index contributed by atoms with van der Waals surface area (Å²) in [5.74, 6) is 1.12. The minimum Gasteiger partial charge on any atom is -0.416 e. The van der Waals surface area contributed by atoms with Crippen molar-refractivity contribution in [2.45, 2.75) is 23.8 Å². The van der Waals surface area contributed by atoms with Gasteiger partial charge in [-0.1, -0.05) is 23.9 Å². The van der Waals surface area contributed by atoms with E-state index in [-0.39, 0.29) is 5.82 Å². The van der Waals surface area contributed by atoms with Crippen molar-refractivity contribution in [1.82, 2.24) is 10.2 Å². The van der Waals surface area contributed by atoms with E-state index >= 15 is 0 Å². The summed E-state index contributed by atoms with van der Waals surface area (Å²) < 4.78 is 18.2. The van der Waals surface area contributed by atoms with Gasteiger partial charge in [-0.15, -0.1) is 10.2 Å². The SMILES string of the molecule is [NH3+]CCCc1nnc(SCc2ccc(F)cc2)o1. The van der Waals surface area contributed by atoms with Gasteiger partial charge >= 0.3 is 0 Å². The Kier molecular flexibility index (Phi) is 4.72. The summed E-state index contributed by atoms with van der Waals surface area (Å²) in [7, 11) is 0. The highest BCUT2D eigenvalue weighted by Crippen LogP contribution is 2.21. The molecule has 3 N–H and O–H groups in total. The number of aromatic nitrogens is 2. The molecule has 2 aromatic rings. The summed E-state index contributed by atoms with van der Waals surface area (Å²) >= 11 is 1.46. The number of hydrogen-bond donors (Lipinski definition) is 1. The van der Waals surface area contributed by atoms with E-state index in [0.29, 0.717) is 16.9 Å². The number of nitrogens with zero attached hydrogens (tertiary/aromatic N) is 2. The molecule has 0 spiro atoms. The molecule has 4 nitrogen and oxygen atoms in total. The van der Waals surface area contributed by atoms with Crippen LogP contribution in [0.4, 0.5) is 4.39 Å². The molecular formula is C12H15FN3OS+. The molecule has 6 heteroatoms. The monoisotopic (exact) mass is 268 g/mol. The molecule has 0 unspecified atom stereocenters. The molecule has 0 aliphatic heterocycles. The summed E-state index contributed by atoms with van der Waals surface area (Å²) in [5, 5.41) is 8.46. The molecule has 18 heavy (non-hydrogen) atoms. The number of quaternary nitrogens is 1. The van der Waals surface area contributed by atoms with Crippen molar-refractivity contribution in [1.29, 1.82) is 0 Å². The van der Waals surface area contributed by atoms with Crippen molar-refractivity contribution in [2.24, 2.45) is 0 Å². The molecule has 0 amide bonds. The normalized spacial score (nSPS) is 10.8. The Hall–Kier alpha value is -1.40. The van der Waals surface area contributed by atoms with E-state index in [2.05, 4.69) is 15.9 Å². The fraction of sp³-hybridized carbons (Fsp3) is 0.333. The molecule has 1 aromatic carbocycles. The Morgan fingerprint density at radius 3 is 2.72 bits per heavy atom. The number of aryl methyl sites for hydroxylation is 1. The third-order valence-electron chi connectivity index (χ3n) is 2.36. The van der Waals surface area contributed by atoms with Crippen LogP contribution in [0.2, 0.25) is 0 Å². The molecule has 0 saturated heterocycles.